The molecule has 0 aromatic carbocycles. The fourth-order valence-electron chi connectivity index (χ4n) is 5.01. The summed E-state index contributed by atoms with van der Waals surface area (Å²) in [5, 5.41) is 13.0. The van der Waals surface area contributed by atoms with E-state index in [-0.39, 0.29) is 5.54 Å². The zero-order valence-electron chi connectivity index (χ0n) is 16.2. The van der Waals surface area contributed by atoms with Gasteiger partial charge in [0.25, 0.3) is 0 Å². The van der Waals surface area contributed by atoms with Crippen molar-refractivity contribution in [3.05, 3.63) is 5.82 Å². The molecule has 1 atom stereocenters. The van der Waals surface area contributed by atoms with E-state index in [9.17, 15) is 4.79 Å². The van der Waals surface area contributed by atoms with Gasteiger partial charge in [-0.2, -0.15) is 0 Å². The van der Waals surface area contributed by atoms with Gasteiger partial charge in [-0.05, 0) is 61.5 Å². The molecule has 2 saturated carbocycles. The van der Waals surface area contributed by atoms with Gasteiger partial charge in [0.05, 0.1) is 6.04 Å². The van der Waals surface area contributed by atoms with Gasteiger partial charge in [0.15, 0.2) is 5.82 Å². The van der Waals surface area contributed by atoms with Crippen molar-refractivity contribution in [3.8, 4) is 0 Å². The molecule has 1 saturated heterocycles. The maximum atomic E-state index is 12.7. The Morgan fingerprint density at radius 2 is 1.92 bits per heavy atom. The number of nitrogens with zero attached hydrogens (tertiary/aromatic N) is 6. The van der Waals surface area contributed by atoms with Crippen molar-refractivity contribution in [3.63, 3.8) is 0 Å². The Bertz CT molecular complexity index is 632. The first-order chi connectivity index (χ1) is 12.7. The van der Waals surface area contributed by atoms with Crippen LogP contribution >= 0.6 is 0 Å². The first kappa shape index (κ1) is 17.9. The van der Waals surface area contributed by atoms with Crippen LogP contribution in [0.3, 0.4) is 0 Å². The molecular formula is C19H32N6O. The second-order valence-electron chi connectivity index (χ2n) is 8.30. The molecule has 1 aromatic heterocycles. The van der Waals surface area contributed by atoms with Crippen molar-refractivity contribution in [2.75, 3.05) is 26.2 Å². The summed E-state index contributed by atoms with van der Waals surface area (Å²) in [6.07, 6.45) is 8.94. The lowest BCUT2D eigenvalue weighted by Gasteiger charge is -2.39. The standard InChI is InChI=1S/C19H32N6O/c1-3-24(4-2)19(11-12-23(14-19)17(26)13-15-9-10-15)18-20-21-22-25(18)16-7-5-6-8-16/h15-16H,3-14H2,1-2H3. The van der Waals surface area contributed by atoms with Crippen molar-refractivity contribution < 1.29 is 4.79 Å². The average molecular weight is 361 g/mol. The number of hydrogen-bond donors (Lipinski definition) is 0. The Labute approximate surface area is 156 Å². The monoisotopic (exact) mass is 360 g/mol. The molecule has 26 heavy (non-hydrogen) atoms. The van der Waals surface area contributed by atoms with Crippen LogP contribution in [0.4, 0.5) is 0 Å². The largest absolute Gasteiger partial charge is 0.340 e. The summed E-state index contributed by atoms with van der Waals surface area (Å²) in [5.41, 5.74) is -0.241. The van der Waals surface area contributed by atoms with E-state index in [1.807, 2.05) is 0 Å². The van der Waals surface area contributed by atoms with Crippen LogP contribution in [0.1, 0.15) is 77.1 Å². The molecule has 0 N–H and O–H groups in total. The zero-order valence-corrected chi connectivity index (χ0v) is 16.2. The van der Waals surface area contributed by atoms with Crippen LogP contribution in [0, 0.1) is 5.92 Å². The van der Waals surface area contributed by atoms with E-state index in [4.69, 9.17) is 0 Å². The van der Waals surface area contributed by atoms with Gasteiger partial charge in [-0.3, -0.25) is 9.69 Å². The van der Waals surface area contributed by atoms with E-state index in [1.54, 1.807) is 0 Å². The highest BCUT2D eigenvalue weighted by Crippen LogP contribution is 2.41. The summed E-state index contributed by atoms with van der Waals surface area (Å²) >= 11 is 0. The molecule has 144 valence electrons. The molecule has 2 heterocycles. The summed E-state index contributed by atoms with van der Waals surface area (Å²) in [4.78, 5) is 17.3. The summed E-state index contributed by atoms with van der Waals surface area (Å²) in [6.45, 7) is 7.83. The second-order valence-corrected chi connectivity index (χ2v) is 8.30. The Kier molecular flexibility index (Phi) is 4.99. The van der Waals surface area contributed by atoms with Gasteiger partial charge in [-0.1, -0.05) is 26.7 Å². The first-order valence-electron chi connectivity index (χ1n) is 10.5. The SMILES string of the molecule is CCN(CC)C1(c2nnnn2C2CCCC2)CCN(C(=O)CC2CC2)C1. The smallest absolute Gasteiger partial charge is 0.222 e. The summed E-state index contributed by atoms with van der Waals surface area (Å²) in [5.74, 6) is 1.94. The number of tetrazole rings is 1. The van der Waals surface area contributed by atoms with Crippen molar-refractivity contribution in [1.29, 1.82) is 0 Å². The number of likely N-dealkylation sites (N-methyl/N-ethyl adjacent to an activating group) is 1. The van der Waals surface area contributed by atoms with Crippen LogP contribution in [0.2, 0.25) is 0 Å². The molecule has 1 aromatic rings. The molecule has 1 aliphatic heterocycles. The third-order valence-corrected chi connectivity index (χ3v) is 6.71. The summed E-state index contributed by atoms with van der Waals surface area (Å²) < 4.78 is 2.10. The molecule has 0 spiro atoms. The van der Waals surface area contributed by atoms with Crippen LogP contribution in [-0.4, -0.2) is 62.1 Å². The van der Waals surface area contributed by atoms with Crippen LogP contribution in [0.15, 0.2) is 0 Å². The quantitative estimate of drug-likeness (QED) is 0.747. The number of hydrogen-bond acceptors (Lipinski definition) is 5. The minimum absolute atomic E-state index is 0.241. The lowest BCUT2D eigenvalue weighted by molar-refractivity contribution is -0.131. The third-order valence-electron chi connectivity index (χ3n) is 6.71. The molecule has 4 rings (SSSR count). The molecule has 3 aliphatic rings. The topological polar surface area (TPSA) is 67.2 Å². The molecule has 2 aliphatic carbocycles. The van der Waals surface area contributed by atoms with Crippen molar-refractivity contribution in [1.82, 2.24) is 30.0 Å². The van der Waals surface area contributed by atoms with Gasteiger partial charge < -0.3 is 4.90 Å². The van der Waals surface area contributed by atoms with Gasteiger partial charge in [0, 0.05) is 19.5 Å². The molecule has 7 heteroatoms. The fraction of sp³-hybridized carbons (Fsp3) is 0.895. The van der Waals surface area contributed by atoms with Crippen LogP contribution in [0.5, 0.6) is 0 Å². The third kappa shape index (κ3) is 3.15. The molecule has 1 unspecified atom stereocenters. The van der Waals surface area contributed by atoms with E-state index < -0.39 is 0 Å². The normalized spacial score (nSPS) is 27.0. The number of carbonyl (C=O) groups is 1. The highest BCUT2D eigenvalue weighted by Gasteiger charge is 2.49. The lowest BCUT2D eigenvalue weighted by atomic mass is 9.94. The van der Waals surface area contributed by atoms with Crippen LogP contribution in [0.25, 0.3) is 0 Å². The van der Waals surface area contributed by atoms with E-state index in [2.05, 4.69) is 43.9 Å². The number of amides is 1. The van der Waals surface area contributed by atoms with E-state index in [0.29, 0.717) is 17.9 Å². The highest BCUT2D eigenvalue weighted by atomic mass is 16.2. The Balaban J connectivity index is 1.63. The first-order valence-corrected chi connectivity index (χ1v) is 10.5. The van der Waals surface area contributed by atoms with Crippen LogP contribution < -0.4 is 0 Å². The van der Waals surface area contributed by atoms with Crippen molar-refractivity contribution in [2.24, 2.45) is 5.92 Å². The van der Waals surface area contributed by atoms with E-state index in [0.717, 1.165) is 57.7 Å². The lowest BCUT2D eigenvalue weighted by Crippen LogP contribution is -2.50. The molecular weight excluding hydrogens is 328 g/mol. The predicted molar refractivity (Wildman–Crippen MR) is 98.5 cm³/mol. The van der Waals surface area contributed by atoms with Gasteiger partial charge >= 0.3 is 0 Å². The summed E-state index contributed by atoms with van der Waals surface area (Å²) in [7, 11) is 0. The van der Waals surface area contributed by atoms with Gasteiger partial charge in [-0.25, -0.2) is 4.68 Å². The van der Waals surface area contributed by atoms with Crippen molar-refractivity contribution in [2.45, 2.75) is 76.8 Å². The predicted octanol–water partition coefficient (Wildman–Crippen LogP) is 2.36. The number of likely N-dealkylation sites (tertiary alicyclic amines) is 1. The van der Waals surface area contributed by atoms with Gasteiger partial charge in [0.2, 0.25) is 5.91 Å². The zero-order chi connectivity index (χ0) is 18.1. The van der Waals surface area contributed by atoms with E-state index >= 15 is 0 Å². The highest BCUT2D eigenvalue weighted by molar-refractivity contribution is 5.77. The second kappa shape index (κ2) is 7.25. The maximum Gasteiger partial charge on any atom is 0.222 e. The van der Waals surface area contributed by atoms with Crippen LogP contribution in [-0.2, 0) is 10.3 Å². The molecule has 0 radical (unpaired) electrons. The molecule has 1 amide bonds. The van der Waals surface area contributed by atoms with Crippen molar-refractivity contribution >= 4 is 5.91 Å². The van der Waals surface area contributed by atoms with Gasteiger partial charge in [-0.15, -0.1) is 5.10 Å². The Hall–Kier alpha value is -1.50. The fourth-order valence-corrected chi connectivity index (χ4v) is 5.01. The maximum absolute atomic E-state index is 12.7. The number of carbonyl (C=O) groups excluding carboxylic acids is 1. The summed E-state index contributed by atoms with van der Waals surface area (Å²) in [6, 6.07) is 0.420. The minimum Gasteiger partial charge on any atom is -0.340 e. The molecule has 3 fully saturated rings. The molecule has 7 nitrogen and oxygen atoms in total. The number of aromatic nitrogens is 4. The average Bonchev–Trinajstić information content (AvgIpc) is 3.10. The Morgan fingerprint density at radius 1 is 1.19 bits per heavy atom. The van der Waals surface area contributed by atoms with Gasteiger partial charge in [0.1, 0.15) is 5.54 Å². The minimum atomic E-state index is -0.241. The van der Waals surface area contributed by atoms with E-state index in [1.165, 1.54) is 25.7 Å². The Morgan fingerprint density at radius 3 is 2.58 bits per heavy atom. The molecule has 0 bridgehead atoms. The number of rotatable bonds is 7.